The number of carbonyl (C=O) groups excluding carboxylic acids is 1. The van der Waals surface area contributed by atoms with Gasteiger partial charge in [-0.05, 0) is 57.2 Å². The lowest BCUT2D eigenvalue weighted by Gasteiger charge is -2.35. The van der Waals surface area contributed by atoms with Crippen molar-refractivity contribution in [3.05, 3.63) is 59.8 Å². The van der Waals surface area contributed by atoms with E-state index in [2.05, 4.69) is 54.9 Å². The highest BCUT2D eigenvalue weighted by molar-refractivity contribution is 5.94. The van der Waals surface area contributed by atoms with E-state index in [9.17, 15) is 4.79 Å². The van der Waals surface area contributed by atoms with Gasteiger partial charge < -0.3 is 9.80 Å². The first-order valence-electron chi connectivity index (χ1n) is 10.2. The molecular formula is C23H31N3O. The molecule has 1 amide bonds. The zero-order chi connectivity index (χ0) is 19.2. The molecule has 1 saturated heterocycles. The maximum atomic E-state index is 12.9. The third-order valence-electron chi connectivity index (χ3n) is 5.47. The Morgan fingerprint density at radius 2 is 1.96 bits per heavy atom. The second-order valence-electron chi connectivity index (χ2n) is 7.67. The fraction of sp³-hybridized carbons (Fsp3) is 0.478. The Hall–Kier alpha value is -2.36. The zero-order valence-electron chi connectivity index (χ0n) is 16.8. The summed E-state index contributed by atoms with van der Waals surface area (Å²) < 4.78 is 0. The van der Waals surface area contributed by atoms with Gasteiger partial charge in [0.15, 0.2) is 0 Å². The van der Waals surface area contributed by atoms with E-state index in [-0.39, 0.29) is 5.91 Å². The predicted molar refractivity (Wildman–Crippen MR) is 111 cm³/mol. The number of benzene rings is 1. The van der Waals surface area contributed by atoms with E-state index in [1.807, 2.05) is 23.1 Å². The monoisotopic (exact) mass is 365 g/mol. The molecule has 1 aliphatic heterocycles. The number of anilines is 1. The van der Waals surface area contributed by atoms with Crippen LogP contribution in [0.3, 0.4) is 0 Å². The molecule has 2 heterocycles. The minimum absolute atomic E-state index is 0.125. The van der Waals surface area contributed by atoms with E-state index in [0.29, 0.717) is 17.6 Å². The number of pyridine rings is 1. The molecule has 0 N–H and O–H groups in total. The Balaban J connectivity index is 1.75. The van der Waals surface area contributed by atoms with Crippen LogP contribution in [0.15, 0.2) is 48.7 Å². The van der Waals surface area contributed by atoms with Crippen molar-refractivity contribution in [1.82, 2.24) is 9.88 Å². The Labute approximate surface area is 163 Å². The van der Waals surface area contributed by atoms with Crippen molar-refractivity contribution >= 4 is 11.7 Å². The van der Waals surface area contributed by atoms with Crippen molar-refractivity contribution in [2.75, 3.05) is 11.4 Å². The van der Waals surface area contributed by atoms with E-state index >= 15 is 0 Å². The number of carbonyl (C=O) groups is 1. The predicted octanol–water partition coefficient (Wildman–Crippen LogP) is 4.90. The number of amides is 1. The average molecular weight is 366 g/mol. The zero-order valence-corrected chi connectivity index (χ0v) is 16.8. The molecule has 0 bridgehead atoms. The van der Waals surface area contributed by atoms with Crippen molar-refractivity contribution in [3.63, 3.8) is 0 Å². The SMILES string of the molecule is CCC1CCCCN1C(=O)c1ccc(N(Cc2ccccc2)C(C)C)nc1. The molecule has 2 aromatic rings. The number of hydrogen-bond acceptors (Lipinski definition) is 3. The van der Waals surface area contributed by atoms with Gasteiger partial charge in [0.05, 0.1) is 5.56 Å². The van der Waals surface area contributed by atoms with E-state index < -0.39 is 0 Å². The lowest BCUT2D eigenvalue weighted by atomic mass is 9.99. The molecule has 3 rings (SSSR count). The van der Waals surface area contributed by atoms with Crippen LogP contribution in [-0.4, -0.2) is 34.4 Å². The maximum absolute atomic E-state index is 12.9. The maximum Gasteiger partial charge on any atom is 0.255 e. The highest BCUT2D eigenvalue weighted by Gasteiger charge is 2.26. The Morgan fingerprint density at radius 1 is 1.19 bits per heavy atom. The average Bonchev–Trinajstić information content (AvgIpc) is 2.72. The van der Waals surface area contributed by atoms with Gasteiger partial charge in [0.25, 0.3) is 5.91 Å². The number of piperidine rings is 1. The van der Waals surface area contributed by atoms with E-state index in [1.54, 1.807) is 6.20 Å². The van der Waals surface area contributed by atoms with Crippen LogP contribution in [0, 0.1) is 0 Å². The lowest BCUT2D eigenvalue weighted by Crippen LogP contribution is -2.43. The summed E-state index contributed by atoms with van der Waals surface area (Å²) in [6.45, 7) is 8.18. The summed E-state index contributed by atoms with van der Waals surface area (Å²) in [7, 11) is 0. The Kier molecular flexibility index (Phi) is 6.49. The molecule has 4 heteroatoms. The normalized spacial score (nSPS) is 17.2. The minimum Gasteiger partial charge on any atom is -0.350 e. The smallest absolute Gasteiger partial charge is 0.255 e. The molecule has 1 fully saturated rings. The number of hydrogen-bond donors (Lipinski definition) is 0. The van der Waals surface area contributed by atoms with Gasteiger partial charge in [-0.3, -0.25) is 4.79 Å². The molecular weight excluding hydrogens is 334 g/mol. The summed E-state index contributed by atoms with van der Waals surface area (Å²) in [5.74, 6) is 1.04. The van der Waals surface area contributed by atoms with E-state index in [1.165, 1.54) is 12.0 Å². The van der Waals surface area contributed by atoms with Gasteiger partial charge in [-0.25, -0.2) is 4.98 Å². The summed E-state index contributed by atoms with van der Waals surface area (Å²) in [5.41, 5.74) is 1.95. The Morgan fingerprint density at radius 3 is 2.59 bits per heavy atom. The second-order valence-corrected chi connectivity index (χ2v) is 7.67. The topological polar surface area (TPSA) is 36.4 Å². The molecule has 1 aromatic heterocycles. The molecule has 144 valence electrons. The van der Waals surface area contributed by atoms with Crippen molar-refractivity contribution in [1.29, 1.82) is 0 Å². The van der Waals surface area contributed by atoms with Crippen LogP contribution in [0.5, 0.6) is 0 Å². The fourth-order valence-corrected chi connectivity index (χ4v) is 3.85. The third kappa shape index (κ3) is 4.68. The van der Waals surface area contributed by atoms with Gasteiger partial charge in [-0.15, -0.1) is 0 Å². The number of likely N-dealkylation sites (tertiary alicyclic amines) is 1. The minimum atomic E-state index is 0.125. The summed E-state index contributed by atoms with van der Waals surface area (Å²) in [6, 6.07) is 15.0. The Bertz CT molecular complexity index is 727. The summed E-state index contributed by atoms with van der Waals surface area (Å²) >= 11 is 0. The van der Waals surface area contributed by atoms with Crippen LogP contribution in [0.1, 0.15) is 62.4 Å². The first-order chi connectivity index (χ1) is 13.1. The largest absolute Gasteiger partial charge is 0.350 e. The highest BCUT2D eigenvalue weighted by Crippen LogP contribution is 2.23. The van der Waals surface area contributed by atoms with E-state index in [0.717, 1.165) is 38.2 Å². The lowest BCUT2D eigenvalue weighted by molar-refractivity contribution is 0.0607. The molecule has 0 aliphatic carbocycles. The molecule has 27 heavy (non-hydrogen) atoms. The third-order valence-corrected chi connectivity index (χ3v) is 5.47. The van der Waals surface area contributed by atoms with Gasteiger partial charge >= 0.3 is 0 Å². The van der Waals surface area contributed by atoms with Gasteiger partial charge in [-0.2, -0.15) is 0 Å². The summed E-state index contributed by atoms with van der Waals surface area (Å²) in [6.07, 6.45) is 6.22. The van der Waals surface area contributed by atoms with E-state index in [4.69, 9.17) is 0 Å². The molecule has 0 spiro atoms. The standard InChI is InChI=1S/C23H31N3O/c1-4-21-12-8-9-15-25(21)23(27)20-13-14-22(24-16-20)26(18(2)3)17-19-10-6-5-7-11-19/h5-7,10-11,13-14,16,18,21H,4,8-9,12,15,17H2,1-3H3. The summed E-state index contributed by atoms with van der Waals surface area (Å²) in [5, 5.41) is 0. The van der Waals surface area contributed by atoms with Crippen molar-refractivity contribution in [2.45, 2.75) is 65.1 Å². The molecule has 0 radical (unpaired) electrons. The molecule has 4 nitrogen and oxygen atoms in total. The number of nitrogens with zero attached hydrogens (tertiary/aromatic N) is 3. The van der Waals surface area contributed by atoms with Crippen LogP contribution in [0.4, 0.5) is 5.82 Å². The summed E-state index contributed by atoms with van der Waals surface area (Å²) in [4.78, 5) is 21.9. The van der Waals surface area contributed by atoms with Crippen LogP contribution in [-0.2, 0) is 6.54 Å². The van der Waals surface area contributed by atoms with Crippen LogP contribution in [0.25, 0.3) is 0 Å². The van der Waals surface area contributed by atoms with Crippen LogP contribution in [0.2, 0.25) is 0 Å². The highest BCUT2D eigenvalue weighted by atomic mass is 16.2. The first-order valence-corrected chi connectivity index (χ1v) is 10.2. The van der Waals surface area contributed by atoms with Crippen molar-refractivity contribution in [3.8, 4) is 0 Å². The molecule has 0 saturated carbocycles. The second kappa shape index (κ2) is 9.03. The van der Waals surface area contributed by atoms with Crippen LogP contribution < -0.4 is 4.90 Å². The van der Waals surface area contributed by atoms with Gasteiger partial charge in [0, 0.05) is 31.4 Å². The molecule has 1 aliphatic rings. The fourth-order valence-electron chi connectivity index (χ4n) is 3.85. The number of rotatable bonds is 6. The number of aromatic nitrogens is 1. The van der Waals surface area contributed by atoms with Crippen molar-refractivity contribution in [2.24, 2.45) is 0 Å². The van der Waals surface area contributed by atoms with Gasteiger partial charge in [0.2, 0.25) is 0 Å². The quantitative estimate of drug-likeness (QED) is 0.730. The molecule has 1 unspecified atom stereocenters. The molecule has 1 atom stereocenters. The van der Waals surface area contributed by atoms with Gasteiger partial charge in [0.1, 0.15) is 5.82 Å². The molecule has 1 aromatic carbocycles. The van der Waals surface area contributed by atoms with Crippen LogP contribution >= 0.6 is 0 Å². The van der Waals surface area contributed by atoms with Gasteiger partial charge in [-0.1, -0.05) is 37.3 Å². The first kappa shape index (κ1) is 19.4. The van der Waals surface area contributed by atoms with Crippen molar-refractivity contribution < 1.29 is 4.79 Å².